The second kappa shape index (κ2) is 7.74. The van der Waals surface area contributed by atoms with Crippen LogP contribution in [0, 0.1) is 13.8 Å². The summed E-state index contributed by atoms with van der Waals surface area (Å²) in [6, 6.07) is 10.4. The van der Waals surface area contributed by atoms with E-state index in [1.54, 1.807) is 0 Å². The molecule has 1 atom stereocenters. The van der Waals surface area contributed by atoms with E-state index < -0.39 is 0 Å². The molecule has 0 saturated carbocycles. The first-order chi connectivity index (χ1) is 13.2. The fraction of sp³-hybridized carbons (Fsp3) is 0.435. The molecule has 3 aromatic rings. The van der Waals surface area contributed by atoms with Crippen LogP contribution in [0.5, 0.6) is 5.75 Å². The molecule has 3 rings (SSSR count). The van der Waals surface area contributed by atoms with Gasteiger partial charge < -0.3 is 5.11 Å². The van der Waals surface area contributed by atoms with Gasteiger partial charge in [0.15, 0.2) is 5.82 Å². The van der Waals surface area contributed by atoms with Crippen LogP contribution in [0.25, 0.3) is 5.69 Å². The lowest BCUT2D eigenvalue weighted by Crippen LogP contribution is -2.11. The fourth-order valence-corrected chi connectivity index (χ4v) is 3.75. The van der Waals surface area contributed by atoms with Crippen LogP contribution in [0.2, 0.25) is 0 Å². The molecule has 1 aromatic heterocycles. The van der Waals surface area contributed by atoms with Gasteiger partial charge in [0, 0.05) is 5.92 Å². The number of para-hydroxylation sites is 1. The van der Waals surface area contributed by atoms with E-state index in [0.29, 0.717) is 5.75 Å². The molecule has 0 bridgehead atoms. The minimum Gasteiger partial charge on any atom is -0.507 e. The highest BCUT2D eigenvalue weighted by atomic mass is 16.3. The zero-order chi connectivity index (χ0) is 20.6. The molecule has 5 heteroatoms. The van der Waals surface area contributed by atoms with E-state index in [1.165, 1.54) is 0 Å². The van der Waals surface area contributed by atoms with Crippen LogP contribution in [0.4, 0.5) is 0 Å². The summed E-state index contributed by atoms with van der Waals surface area (Å²) < 4.78 is 1.85. The third-order valence-corrected chi connectivity index (χ3v) is 5.47. The number of aromatic nitrogens is 4. The van der Waals surface area contributed by atoms with E-state index in [1.807, 2.05) is 10.7 Å². The van der Waals surface area contributed by atoms with Crippen LogP contribution < -0.4 is 0 Å². The van der Waals surface area contributed by atoms with Crippen LogP contribution in [0.1, 0.15) is 86.0 Å². The van der Waals surface area contributed by atoms with E-state index in [4.69, 9.17) is 0 Å². The predicted molar refractivity (Wildman–Crippen MR) is 112 cm³/mol. The quantitative estimate of drug-likeness (QED) is 0.647. The van der Waals surface area contributed by atoms with Crippen LogP contribution in [0.3, 0.4) is 0 Å². The predicted octanol–water partition coefficient (Wildman–Crippen LogP) is 5.38. The third kappa shape index (κ3) is 3.53. The van der Waals surface area contributed by atoms with Gasteiger partial charge in [-0.2, -0.15) is 4.68 Å². The van der Waals surface area contributed by atoms with Gasteiger partial charge in [-0.1, -0.05) is 65.0 Å². The van der Waals surface area contributed by atoms with Gasteiger partial charge in [0.25, 0.3) is 0 Å². The van der Waals surface area contributed by atoms with Gasteiger partial charge in [-0.05, 0) is 63.9 Å². The molecule has 0 saturated heterocycles. The van der Waals surface area contributed by atoms with Crippen LogP contribution in [-0.2, 0) is 0 Å². The van der Waals surface area contributed by atoms with Crippen molar-refractivity contribution in [2.75, 3.05) is 0 Å². The zero-order valence-corrected chi connectivity index (χ0v) is 17.9. The molecule has 0 radical (unpaired) electrons. The molecule has 5 nitrogen and oxygen atoms in total. The molecule has 0 amide bonds. The average Bonchev–Trinajstić information content (AvgIpc) is 3.10. The van der Waals surface area contributed by atoms with Crippen molar-refractivity contribution in [3.05, 3.63) is 64.0 Å². The van der Waals surface area contributed by atoms with Crippen molar-refractivity contribution < 1.29 is 5.11 Å². The molecule has 0 unspecified atom stereocenters. The summed E-state index contributed by atoms with van der Waals surface area (Å²) in [6.07, 6.45) is 0. The Morgan fingerprint density at radius 2 is 1.43 bits per heavy atom. The number of phenols is 1. The van der Waals surface area contributed by atoms with Gasteiger partial charge >= 0.3 is 0 Å². The Morgan fingerprint density at radius 3 is 1.93 bits per heavy atom. The highest BCUT2D eigenvalue weighted by Crippen LogP contribution is 2.38. The van der Waals surface area contributed by atoms with Crippen molar-refractivity contribution in [2.45, 2.75) is 66.2 Å². The number of hydrogen-bond acceptors (Lipinski definition) is 4. The van der Waals surface area contributed by atoms with E-state index in [9.17, 15) is 5.11 Å². The number of hydrogen-bond donors (Lipinski definition) is 1. The average molecular weight is 379 g/mol. The van der Waals surface area contributed by atoms with Crippen LogP contribution >= 0.6 is 0 Å². The maximum absolute atomic E-state index is 10.7. The second-order valence-electron chi connectivity index (χ2n) is 8.27. The van der Waals surface area contributed by atoms with Crippen LogP contribution in [-0.4, -0.2) is 25.3 Å². The van der Waals surface area contributed by atoms with Crippen LogP contribution in [0.15, 0.2) is 30.3 Å². The fourth-order valence-electron chi connectivity index (χ4n) is 3.75. The summed E-state index contributed by atoms with van der Waals surface area (Å²) in [5.74, 6) is 1.67. The molecule has 0 fully saturated rings. The first-order valence-corrected chi connectivity index (χ1v) is 9.93. The number of aryl methyl sites for hydroxylation is 2. The normalized spacial score (nSPS) is 12.8. The van der Waals surface area contributed by atoms with Crippen molar-refractivity contribution in [3.63, 3.8) is 0 Å². The van der Waals surface area contributed by atoms with Gasteiger partial charge in [-0.25, -0.2) is 0 Å². The number of tetrazole rings is 1. The molecule has 0 aliphatic rings. The summed E-state index contributed by atoms with van der Waals surface area (Å²) in [5, 5.41) is 23.4. The van der Waals surface area contributed by atoms with E-state index in [0.717, 1.165) is 39.3 Å². The number of rotatable bonds is 5. The number of nitrogens with zero attached hydrogens (tertiary/aromatic N) is 4. The molecule has 2 aromatic carbocycles. The Hall–Kier alpha value is -2.69. The lowest BCUT2D eigenvalue weighted by Gasteiger charge is -2.21. The Bertz CT molecular complexity index is 939. The van der Waals surface area contributed by atoms with Gasteiger partial charge in [0.2, 0.25) is 0 Å². The molecule has 1 N–H and O–H groups in total. The van der Waals surface area contributed by atoms with Crippen molar-refractivity contribution in [1.82, 2.24) is 20.2 Å². The second-order valence-corrected chi connectivity index (χ2v) is 8.27. The standard InChI is InChI=1S/C23H30N4O/c1-13(2)19-11-18(12-20(14(3)4)22(19)28)17(7)23-24-25-26-27(23)21-15(5)9-8-10-16(21)6/h8-14,17,28H,1-7H3/t17-/m0/s1. The minimum atomic E-state index is -0.00962. The van der Waals surface area contributed by atoms with Gasteiger partial charge in [0.05, 0.1) is 5.69 Å². The third-order valence-electron chi connectivity index (χ3n) is 5.47. The molecule has 0 spiro atoms. The smallest absolute Gasteiger partial charge is 0.163 e. The van der Waals surface area contributed by atoms with Gasteiger partial charge in [0.1, 0.15) is 5.75 Å². The first kappa shape index (κ1) is 20.1. The summed E-state index contributed by atoms with van der Waals surface area (Å²) in [5.41, 5.74) is 6.36. The Kier molecular flexibility index (Phi) is 5.54. The highest BCUT2D eigenvalue weighted by Gasteiger charge is 2.23. The topological polar surface area (TPSA) is 63.8 Å². The molecule has 148 valence electrons. The van der Waals surface area contributed by atoms with Crippen molar-refractivity contribution in [1.29, 1.82) is 0 Å². The summed E-state index contributed by atoms with van der Waals surface area (Å²) in [7, 11) is 0. The number of phenolic OH excluding ortho intramolecular Hbond substituents is 1. The van der Waals surface area contributed by atoms with E-state index in [2.05, 4.69) is 88.3 Å². The molecule has 1 heterocycles. The van der Waals surface area contributed by atoms with E-state index >= 15 is 0 Å². The first-order valence-electron chi connectivity index (χ1n) is 9.93. The van der Waals surface area contributed by atoms with Gasteiger partial charge in [-0.3, -0.25) is 0 Å². The number of aromatic hydroxyl groups is 1. The monoisotopic (exact) mass is 378 g/mol. The summed E-state index contributed by atoms with van der Waals surface area (Å²) in [4.78, 5) is 0. The molecule has 28 heavy (non-hydrogen) atoms. The Balaban J connectivity index is 2.15. The summed E-state index contributed by atoms with van der Waals surface area (Å²) >= 11 is 0. The lowest BCUT2D eigenvalue weighted by atomic mass is 9.87. The highest BCUT2D eigenvalue weighted by molar-refractivity contribution is 5.50. The Labute approximate surface area is 167 Å². The Morgan fingerprint density at radius 1 is 0.893 bits per heavy atom. The number of benzene rings is 2. The molecular weight excluding hydrogens is 348 g/mol. The maximum Gasteiger partial charge on any atom is 0.163 e. The van der Waals surface area contributed by atoms with Gasteiger partial charge in [-0.15, -0.1) is 5.10 Å². The van der Waals surface area contributed by atoms with Crippen molar-refractivity contribution in [3.8, 4) is 11.4 Å². The SMILES string of the molecule is Cc1cccc(C)c1-n1nnnc1[C@@H](C)c1cc(C(C)C)c(O)c(C(C)C)c1. The summed E-state index contributed by atoms with van der Waals surface area (Å²) in [6.45, 7) is 14.7. The zero-order valence-electron chi connectivity index (χ0n) is 17.9. The van der Waals surface area contributed by atoms with Crippen molar-refractivity contribution >= 4 is 0 Å². The molecule has 0 aliphatic heterocycles. The minimum absolute atomic E-state index is 0.00962. The molecular formula is C23H30N4O. The van der Waals surface area contributed by atoms with E-state index in [-0.39, 0.29) is 17.8 Å². The lowest BCUT2D eigenvalue weighted by molar-refractivity contribution is 0.454. The maximum atomic E-state index is 10.7. The van der Waals surface area contributed by atoms with Crippen molar-refractivity contribution in [2.24, 2.45) is 0 Å². The largest absolute Gasteiger partial charge is 0.507 e. The molecule has 0 aliphatic carbocycles.